The predicted molar refractivity (Wildman–Crippen MR) is 100 cm³/mol. The van der Waals surface area contributed by atoms with Gasteiger partial charge in [0.1, 0.15) is 6.29 Å². The molecular formula is C19H31F3N2O3. The van der Waals surface area contributed by atoms with Crippen LogP contribution in [-0.2, 0) is 11.2 Å². The van der Waals surface area contributed by atoms with Crippen LogP contribution in [0.1, 0.15) is 32.8 Å². The summed E-state index contributed by atoms with van der Waals surface area (Å²) in [6.45, 7) is 5.62. The molecule has 3 N–H and O–H groups in total. The molecule has 0 fully saturated rings. The van der Waals surface area contributed by atoms with E-state index in [1.807, 2.05) is 7.05 Å². The second kappa shape index (κ2) is 11.8. The number of hydrogen-bond donors (Lipinski definition) is 2. The van der Waals surface area contributed by atoms with Crippen LogP contribution in [0.3, 0.4) is 0 Å². The van der Waals surface area contributed by atoms with Crippen molar-refractivity contribution in [3.05, 3.63) is 23.8 Å². The molecule has 0 spiro atoms. The summed E-state index contributed by atoms with van der Waals surface area (Å²) in [5.41, 5.74) is 6.45. The van der Waals surface area contributed by atoms with Gasteiger partial charge in [0.05, 0.1) is 13.2 Å². The maximum absolute atomic E-state index is 12.1. The zero-order valence-corrected chi connectivity index (χ0v) is 16.7. The fraction of sp³-hybridized carbons (Fsp3) is 0.632. The first kappa shape index (κ1) is 25.2. The molecule has 1 aromatic carbocycles. The summed E-state index contributed by atoms with van der Waals surface area (Å²) in [5.74, 6) is 0.413. The molecule has 1 rings (SSSR count). The minimum Gasteiger partial charge on any atom is -0.493 e. The Labute approximate surface area is 159 Å². The van der Waals surface area contributed by atoms with E-state index in [1.54, 1.807) is 18.2 Å². The van der Waals surface area contributed by atoms with Gasteiger partial charge in [-0.3, -0.25) is 0 Å². The first-order valence-corrected chi connectivity index (χ1v) is 8.63. The van der Waals surface area contributed by atoms with Crippen LogP contribution < -0.4 is 20.5 Å². The minimum absolute atomic E-state index is 0.114. The number of halogens is 3. The van der Waals surface area contributed by atoms with E-state index in [0.717, 1.165) is 24.8 Å². The quantitative estimate of drug-likeness (QED) is 0.664. The van der Waals surface area contributed by atoms with Crippen LogP contribution in [0.2, 0.25) is 0 Å². The highest BCUT2D eigenvalue weighted by Gasteiger charge is 2.29. The number of rotatable bonds is 8. The largest absolute Gasteiger partial charge is 0.493 e. The van der Waals surface area contributed by atoms with Crippen molar-refractivity contribution in [1.29, 1.82) is 0 Å². The molecule has 1 atom stereocenters. The molecule has 0 amide bonds. The number of alkyl halides is 3. The molecule has 156 valence electrons. The monoisotopic (exact) mass is 392 g/mol. The third kappa shape index (κ3) is 13.1. The number of methoxy groups -OCH3 is 1. The predicted octanol–water partition coefficient (Wildman–Crippen LogP) is 3.35. The van der Waals surface area contributed by atoms with E-state index in [2.05, 4.69) is 26.1 Å². The molecule has 5 nitrogen and oxygen atoms in total. The van der Waals surface area contributed by atoms with Crippen molar-refractivity contribution in [2.75, 3.05) is 27.3 Å². The second-order valence-electron chi connectivity index (χ2n) is 7.31. The van der Waals surface area contributed by atoms with Gasteiger partial charge < -0.3 is 25.3 Å². The summed E-state index contributed by atoms with van der Waals surface area (Å²) >= 11 is 0. The number of carbonyl (C=O) groups is 1. The van der Waals surface area contributed by atoms with Gasteiger partial charge >= 0.3 is 6.18 Å². The number of nitrogens with two attached hydrogens (primary N) is 1. The Morgan fingerprint density at radius 1 is 1.22 bits per heavy atom. The molecule has 0 heterocycles. The van der Waals surface area contributed by atoms with Gasteiger partial charge in [0.25, 0.3) is 0 Å². The van der Waals surface area contributed by atoms with E-state index in [-0.39, 0.29) is 17.2 Å². The highest BCUT2D eigenvalue weighted by molar-refractivity contribution is 5.56. The fourth-order valence-corrected chi connectivity index (χ4v) is 2.17. The molecule has 0 aromatic heterocycles. The van der Waals surface area contributed by atoms with E-state index < -0.39 is 12.8 Å². The lowest BCUT2D eigenvalue weighted by Gasteiger charge is -2.19. The summed E-state index contributed by atoms with van der Waals surface area (Å²) in [6.07, 6.45) is -2.09. The number of benzene rings is 1. The van der Waals surface area contributed by atoms with Gasteiger partial charge in [-0.15, -0.1) is 0 Å². The number of nitrogens with one attached hydrogen (secondary N) is 1. The molecular weight excluding hydrogens is 361 g/mol. The third-order valence-electron chi connectivity index (χ3n) is 3.31. The molecule has 0 saturated heterocycles. The number of ether oxygens (including phenoxy) is 2. The van der Waals surface area contributed by atoms with Crippen LogP contribution in [0.5, 0.6) is 11.5 Å². The minimum atomic E-state index is -4.36. The Kier molecular flexibility index (Phi) is 11.0. The van der Waals surface area contributed by atoms with Crippen LogP contribution in [0.25, 0.3) is 0 Å². The van der Waals surface area contributed by atoms with Crippen molar-refractivity contribution in [3.8, 4) is 11.5 Å². The maximum atomic E-state index is 12.1. The molecule has 0 unspecified atom stereocenters. The topological polar surface area (TPSA) is 73.6 Å². The normalized spacial score (nSPS) is 12.6. The zero-order chi connectivity index (χ0) is 21.1. The Morgan fingerprint density at radius 3 is 2.26 bits per heavy atom. The number of carbonyl (C=O) groups excluding carboxylic acids is 1. The van der Waals surface area contributed by atoms with Crippen LogP contribution in [-0.4, -0.2) is 45.8 Å². The number of hydrogen-bond acceptors (Lipinski definition) is 5. The van der Waals surface area contributed by atoms with Gasteiger partial charge in [0.15, 0.2) is 18.1 Å². The smallest absolute Gasteiger partial charge is 0.422 e. The van der Waals surface area contributed by atoms with E-state index in [0.29, 0.717) is 12.2 Å². The average Bonchev–Trinajstić information content (AvgIpc) is 2.56. The van der Waals surface area contributed by atoms with Crippen molar-refractivity contribution in [2.45, 2.75) is 45.8 Å². The van der Waals surface area contributed by atoms with Gasteiger partial charge in [-0.1, -0.05) is 26.8 Å². The van der Waals surface area contributed by atoms with Gasteiger partial charge in [-0.05, 0) is 49.5 Å². The van der Waals surface area contributed by atoms with E-state index >= 15 is 0 Å². The molecule has 0 aliphatic carbocycles. The summed E-state index contributed by atoms with van der Waals surface area (Å²) in [7, 11) is 3.20. The molecule has 0 aliphatic rings. The van der Waals surface area contributed by atoms with Crippen molar-refractivity contribution in [2.24, 2.45) is 11.1 Å². The zero-order valence-electron chi connectivity index (χ0n) is 16.7. The Morgan fingerprint density at radius 2 is 1.85 bits per heavy atom. The van der Waals surface area contributed by atoms with Crippen molar-refractivity contribution in [1.82, 2.24) is 5.32 Å². The van der Waals surface area contributed by atoms with Crippen molar-refractivity contribution >= 4 is 6.29 Å². The van der Waals surface area contributed by atoms with Crippen LogP contribution in [0.4, 0.5) is 13.2 Å². The van der Waals surface area contributed by atoms with Crippen molar-refractivity contribution < 1.29 is 27.4 Å². The molecule has 0 radical (unpaired) electrons. The number of aldehydes is 1. The molecule has 8 heteroatoms. The summed E-state index contributed by atoms with van der Waals surface area (Å²) in [4.78, 5) is 10.1. The Hall–Kier alpha value is -1.80. The standard InChI is InChI=1S/C12H16F3NO2.C7H15NO/c1-16-6-5-9-3-4-10(17-2)11(7-9)18-8-12(13,14)15;1-7(2,3)4-6(8)5-9/h3-4,7,16H,5-6,8H2,1-2H3;5-6H,4,8H2,1-3H3/t;6-/m.1/s1. The second-order valence-corrected chi connectivity index (χ2v) is 7.31. The van der Waals surface area contributed by atoms with E-state index in [9.17, 15) is 18.0 Å². The molecule has 27 heavy (non-hydrogen) atoms. The third-order valence-corrected chi connectivity index (χ3v) is 3.31. The Balaban J connectivity index is 0.000000636. The van der Waals surface area contributed by atoms with Gasteiger partial charge in [0.2, 0.25) is 0 Å². The molecule has 1 aromatic rings. The van der Waals surface area contributed by atoms with E-state index in [1.165, 1.54) is 7.11 Å². The van der Waals surface area contributed by atoms with Crippen LogP contribution >= 0.6 is 0 Å². The van der Waals surface area contributed by atoms with Gasteiger partial charge in [0, 0.05) is 0 Å². The first-order chi connectivity index (χ1) is 12.4. The van der Waals surface area contributed by atoms with Crippen molar-refractivity contribution in [3.63, 3.8) is 0 Å². The molecule has 0 saturated carbocycles. The van der Waals surface area contributed by atoms with E-state index in [4.69, 9.17) is 15.2 Å². The maximum Gasteiger partial charge on any atom is 0.422 e. The lowest BCUT2D eigenvalue weighted by Crippen LogP contribution is -2.27. The van der Waals surface area contributed by atoms with Gasteiger partial charge in [-0.25, -0.2) is 0 Å². The molecule has 0 aliphatic heterocycles. The lowest BCUT2D eigenvalue weighted by molar-refractivity contribution is -0.153. The first-order valence-electron chi connectivity index (χ1n) is 8.63. The summed E-state index contributed by atoms with van der Waals surface area (Å²) in [6, 6.07) is 4.69. The van der Waals surface area contributed by atoms with Crippen LogP contribution in [0, 0.1) is 5.41 Å². The average molecular weight is 392 g/mol. The number of likely N-dealkylation sites (N-methyl/N-ethyl adjacent to an activating group) is 1. The van der Waals surface area contributed by atoms with Crippen LogP contribution in [0.15, 0.2) is 18.2 Å². The highest BCUT2D eigenvalue weighted by atomic mass is 19.4. The highest BCUT2D eigenvalue weighted by Crippen LogP contribution is 2.29. The molecule has 0 bridgehead atoms. The Bertz CT molecular complexity index is 558. The summed E-state index contributed by atoms with van der Waals surface area (Å²) in [5, 5.41) is 2.97. The summed E-state index contributed by atoms with van der Waals surface area (Å²) < 4.78 is 46.0. The fourth-order valence-electron chi connectivity index (χ4n) is 2.17. The van der Waals surface area contributed by atoms with Gasteiger partial charge in [-0.2, -0.15) is 13.2 Å². The lowest BCUT2D eigenvalue weighted by atomic mass is 9.89. The SMILES string of the molecule is CC(C)(C)C[C@@H](N)C=O.CNCCc1ccc(OC)c(OCC(F)(F)F)c1.